The van der Waals surface area contributed by atoms with Gasteiger partial charge in [-0.05, 0) is 120 Å². The zero-order valence-corrected chi connectivity index (χ0v) is 33.0. The fourth-order valence-corrected chi connectivity index (χ4v) is 9.83. The Morgan fingerprint density at radius 3 is 1.62 bits per heavy atom. The zero-order valence-electron chi connectivity index (χ0n) is 33.0. The van der Waals surface area contributed by atoms with Crippen LogP contribution in [-0.2, 0) is 0 Å². The summed E-state index contributed by atoms with van der Waals surface area (Å²) in [6.45, 7) is 0. The number of furan rings is 2. The molecular weight excluding hydrogens is 743 g/mol. The van der Waals surface area contributed by atoms with Gasteiger partial charge in [-0.2, -0.15) is 0 Å². The first-order valence-electron chi connectivity index (χ1n) is 20.8. The van der Waals surface area contributed by atoms with E-state index in [0.29, 0.717) is 0 Å². The van der Waals surface area contributed by atoms with Gasteiger partial charge in [-0.1, -0.05) is 158 Å². The largest absolute Gasteiger partial charge is 0.456 e. The molecule has 61 heavy (non-hydrogen) atoms. The summed E-state index contributed by atoms with van der Waals surface area (Å²) >= 11 is 0. The molecule has 0 saturated heterocycles. The van der Waals surface area contributed by atoms with Gasteiger partial charge in [0.05, 0.1) is 5.69 Å². The Hall–Kier alpha value is -8.14. The summed E-state index contributed by atoms with van der Waals surface area (Å²) in [6, 6.07) is 76.2. The second-order valence-corrected chi connectivity index (χ2v) is 16.0. The molecule has 0 aliphatic heterocycles. The molecule has 0 bridgehead atoms. The molecule has 0 saturated carbocycles. The molecule has 0 fully saturated rings. The lowest BCUT2D eigenvalue weighted by Crippen LogP contribution is -2.10. The van der Waals surface area contributed by atoms with Gasteiger partial charge in [0.1, 0.15) is 16.7 Å². The van der Waals surface area contributed by atoms with Gasteiger partial charge in [-0.15, -0.1) is 0 Å². The van der Waals surface area contributed by atoms with E-state index in [0.717, 1.165) is 77.6 Å². The summed E-state index contributed by atoms with van der Waals surface area (Å²) in [5.74, 6) is 0. The van der Waals surface area contributed by atoms with Crippen LogP contribution in [0.4, 0.5) is 17.1 Å². The predicted molar refractivity (Wildman–Crippen MR) is 257 cm³/mol. The lowest BCUT2D eigenvalue weighted by Gasteiger charge is -2.26. The van der Waals surface area contributed by atoms with E-state index in [1.807, 2.05) is 6.07 Å². The van der Waals surface area contributed by atoms with Crippen molar-refractivity contribution in [3.63, 3.8) is 0 Å². The van der Waals surface area contributed by atoms with Crippen LogP contribution in [0.25, 0.3) is 109 Å². The molecule has 0 N–H and O–H groups in total. The maximum Gasteiger partial charge on any atom is 0.160 e. The van der Waals surface area contributed by atoms with Crippen LogP contribution < -0.4 is 4.90 Å². The third-order valence-corrected chi connectivity index (χ3v) is 12.6. The molecule has 13 rings (SSSR count). The second-order valence-electron chi connectivity index (χ2n) is 16.0. The van der Waals surface area contributed by atoms with Gasteiger partial charge >= 0.3 is 0 Å². The smallest absolute Gasteiger partial charge is 0.160 e. The van der Waals surface area contributed by atoms with Gasteiger partial charge in [0.15, 0.2) is 5.58 Å². The van der Waals surface area contributed by atoms with Crippen LogP contribution in [0.1, 0.15) is 0 Å². The lowest BCUT2D eigenvalue weighted by molar-refractivity contribution is 0.663. The van der Waals surface area contributed by atoms with Crippen molar-refractivity contribution in [2.45, 2.75) is 0 Å². The van der Waals surface area contributed by atoms with Crippen LogP contribution in [0.5, 0.6) is 0 Å². The van der Waals surface area contributed by atoms with Crippen molar-refractivity contribution in [1.82, 2.24) is 0 Å². The highest BCUT2D eigenvalue weighted by molar-refractivity contribution is 6.31. The van der Waals surface area contributed by atoms with Gasteiger partial charge < -0.3 is 13.7 Å². The summed E-state index contributed by atoms with van der Waals surface area (Å²) in [7, 11) is 0. The van der Waals surface area contributed by atoms with E-state index in [2.05, 4.69) is 211 Å². The third kappa shape index (κ3) is 5.17. The average molecular weight is 778 g/mol. The minimum Gasteiger partial charge on any atom is -0.456 e. The number of anilines is 3. The summed E-state index contributed by atoms with van der Waals surface area (Å²) in [5, 5.41) is 14.1. The zero-order chi connectivity index (χ0) is 40.0. The molecule has 0 atom stereocenters. The van der Waals surface area contributed by atoms with Crippen LogP contribution in [0.3, 0.4) is 0 Å². The Bertz CT molecular complexity index is 3840. The molecule has 0 amide bonds. The van der Waals surface area contributed by atoms with Crippen LogP contribution in [0.2, 0.25) is 0 Å². The first-order chi connectivity index (χ1) is 30.2. The molecule has 0 spiro atoms. The molecule has 3 heteroatoms. The Kier molecular flexibility index (Phi) is 7.31. The minimum atomic E-state index is 0.814. The van der Waals surface area contributed by atoms with Crippen molar-refractivity contribution >= 4 is 104 Å². The molecule has 3 nitrogen and oxygen atoms in total. The third-order valence-electron chi connectivity index (χ3n) is 12.6. The van der Waals surface area contributed by atoms with E-state index in [9.17, 15) is 0 Å². The number of nitrogens with zero attached hydrogens (tertiary/aromatic N) is 1. The van der Waals surface area contributed by atoms with E-state index in [4.69, 9.17) is 8.83 Å². The highest BCUT2D eigenvalue weighted by Gasteiger charge is 2.25. The van der Waals surface area contributed by atoms with Gasteiger partial charge in [0, 0.05) is 32.9 Å². The van der Waals surface area contributed by atoms with Crippen molar-refractivity contribution in [3.05, 3.63) is 212 Å². The first-order valence-corrected chi connectivity index (χ1v) is 20.8. The van der Waals surface area contributed by atoms with Crippen LogP contribution in [0, 0.1) is 0 Å². The van der Waals surface area contributed by atoms with Crippen LogP contribution in [-0.4, -0.2) is 0 Å². The van der Waals surface area contributed by atoms with Crippen molar-refractivity contribution in [1.29, 1.82) is 0 Å². The summed E-state index contributed by atoms with van der Waals surface area (Å²) < 4.78 is 13.7. The Labute approximate surface area is 350 Å². The number of hydrogen-bond acceptors (Lipinski definition) is 3. The molecule has 284 valence electrons. The SMILES string of the molecule is c1ccc(-c2ccc(N(c3ccc4ccccc4c3)c3ccc(-c4ccc5c6ccccc6c6ccccc6c5c4)c4c3oc3ccc5oc6ccccc6c5c34)cc2)cc1. The van der Waals surface area contributed by atoms with E-state index in [1.165, 1.54) is 48.7 Å². The molecule has 11 aromatic carbocycles. The number of para-hydroxylation sites is 1. The summed E-state index contributed by atoms with van der Waals surface area (Å²) in [5.41, 5.74) is 10.9. The molecule has 0 aliphatic rings. The average Bonchev–Trinajstić information content (AvgIpc) is 3.91. The fraction of sp³-hybridized carbons (Fsp3) is 0. The van der Waals surface area contributed by atoms with Gasteiger partial charge in [-0.3, -0.25) is 0 Å². The molecule has 0 aliphatic carbocycles. The number of benzene rings is 11. The minimum absolute atomic E-state index is 0.814. The molecule has 0 unspecified atom stereocenters. The number of fused-ring (bicyclic) bond motifs is 14. The standard InChI is InChI=1S/C58H35NO2/c1-2-12-36(13-3-1)38-22-26-41(27-23-38)59(42-28-24-37-14-4-5-15-39(37)34-42)51-31-30-43(56-57-54(61-58(51)56)33-32-53-55(57)49-20-10-11-21-52(49)60-53)40-25-29-48-46-18-7-6-16-44(46)45-17-8-9-19-47(45)50(48)35-40/h1-35H. The van der Waals surface area contributed by atoms with E-state index in [-0.39, 0.29) is 0 Å². The molecule has 2 heterocycles. The van der Waals surface area contributed by atoms with Gasteiger partial charge in [0.25, 0.3) is 0 Å². The van der Waals surface area contributed by atoms with Crippen molar-refractivity contribution in [3.8, 4) is 22.3 Å². The first kappa shape index (κ1) is 33.8. The maximum atomic E-state index is 7.21. The van der Waals surface area contributed by atoms with Gasteiger partial charge in [-0.25, -0.2) is 0 Å². The van der Waals surface area contributed by atoms with Gasteiger partial charge in [0.2, 0.25) is 0 Å². The topological polar surface area (TPSA) is 29.5 Å². The normalized spacial score (nSPS) is 11.9. The van der Waals surface area contributed by atoms with Crippen molar-refractivity contribution < 1.29 is 8.83 Å². The van der Waals surface area contributed by atoms with E-state index in [1.54, 1.807) is 0 Å². The molecule has 13 aromatic rings. The monoisotopic (exact) mass is 777 g/mol. The Balaban J connectivity index is 1.12. The number of rotatable bonds is 5. The summed E-state index contributed by atoms with van der Waals surface area (Å²) in [6.07, 6.45) is 0. The lowest BCUT2D eigenvalue weighted by atomic mass is 9.90. The molecular formula is C58H35NO2. The molecule has 0 radical (unpaired) electrons. The predicted octanol–water partition coefficient (Wildman–Crippen LogP) is 16.9. The van der Waals surface area contributed by atoms with E-state index >= 15 is 0 Å². The van der Waals surface area contributed by atoms with Crippen LogP contribution in [0.15, 0.2) is 221 Å². The fourth-order valence-electron chi connectivity index (χ4n) is 9.83. The maximum absolute atomic E-state index is 7.21. The van der Waals surface area contributed by atoms with E-state index < -0.39 is 0 Å². The quantitative estimate of drug-likeness (QED) is 0.163. The number of hydrogen-bond donors (Lipinski definition) is 0. The van der Waals surface area contributed by atoms with Crippen molar-refractivity contribution in [2.24, 2.45) is 0 Å². The Morgan fingerprint density at radius 2 is 0.869 bits per heavy atom. The summed E-state index contributed by atoms with van der Waals surface area (Å²) in [4.78, 5) is 2.35. The van der Waals surface area contributed by atoms with Crippen LogP contribution >= 0.6 is 0 Å². The highest BCUT2D eigenvalue weighted by atomic mass is 16.3. The highest BCUT2D eigenvalue weighted by Crippen LogP contribution is 2.50. The Morgan fingerprint density at radius 1 is 0.295 bits per heavy atom. The van der Waals surface area contributed by atoms with Crippen molar-refractivity contribution in [2.75, 3.05) is 4.90 Å². The second kappa shape index (κ2) is 13.2. The molecule has 2 aromatic heterocycles.